The van der Waals surface area contributed by atoms with Crippen molar-refractivity contribution < 1.29 is 14.1 Å². The summed E-state index contributed by atoms with van der Waals surface area (Å²) in [5.41, 5.74) is 0.937. The number of non-ortho nitro benzene ring substituents is 1. The number of nitro groups is 1. The van der Waals surface area contributed by atoms with E-state index in [4.69, 9.17) is 16.0 Å². The Morgan fingerprint density at radius 3 is 2.62 bits per heavy atom. The van der Waals surface area contributed by atoms with Crippen LogP contribution in [0.3, 0.4) is 0 Å². The molecule has 3 rings (SSSR count). The van der Waals surface area contributed by atoms with Crippen molar-refractivity contribution in [2.75, 3.05) is 5.32 Å². The van der Waals surface area contributed by atoms with E-state index in [2.05, 4.69) is 5.32 Å². The molecule has 0 saturated carbocycles. The van der Waals surface area contributed by atoms with E-state index in [9.17, 15) is 14.9 Å². The van der Waals surface area contributed by atoms with Gasteiger partial charge in [0.1, 0.15) is 11.5 Å². The Hall–Kier alpha value is -3.38. The standard InChI is InChI=1S/C19H13ClN2O4/c20-16-9-6-14(22(24)25)12-17(16)21-19(23)11-8-15-7-10-18(26-15)13-4-2-1-3-5-13/h1-12H,(H,21,23)/b11-8+. The molecule has 0 bridgehead atoms. The van der Waals surface area contributed by atoms with Crippen molar-refractivity contribution in [1.82, 2.24) is 0 Å². The van der Waals surface area contributed by atoms with Gasteiger partial charge in [-0.05, 0) is 24.3 Å². The predicted molar refractivity (Wildman–Crippen MR) is 99.9 cm³/mol. The van der Waals surface area contributed by atoms with Crippen LogP contribution >= 0.6 is 11.6 Å². The molecule has 1 aromatic heterocycles. The second-order valence-corrected chi connectivity index (χ2v) is 5.72. The molecule has 0 saturated heterocycles. The van der Waals surface area contributed by atoms with Gasteiger partial charge >= 0.3 is 0 Å². The number of anilines is 1. The van der Waals surface area contributed by atoms with E-state index in [-0.39, 0.29) is 16.4 Å². The summed E-state index contributed by atoms with van der Waals surface area (Å²) < 4.78 is 5.66. The molecule has 0 unspecified atom stereocenters. The van der Waals surface area contributed by atoms with Gasteiger partial charge in [0.2, 0.25) is 5.91 Å². The van der Waals surface area contributed by atoms with Crippen molar-refractivity contribution in [2.45, 2.75) is 0 Å². The molecule has 1 heterocycles. The molecule has 0 fully saturated rings. The van der Waals surface area contributed by atoms with E-state index < -0.39 is 10.8 Å². The van der Waals surface area contributed by atoms with Crippen LogP contribution in [0.1, 0.15) is 5.76 Å². The topological polar surface area (TPSA) is 85.4 Å². The van der Waals surface area contributed by atoms with Crippen LogP contribution in [0.5, 0.6) is 0 Å². The smallest absolute Gasteiger partial charge is 0.271 e. The minimum absolute atomic E-state index is 0.160. The Kier molecular flexibility index (Phi) is 5.15. The number of carbonyl (C=O) groups excluding carboxylic acids is 1. The highest BCUT2D eigenvalue weighted by Crippen LogP contribution is 2.27. The lowest BCUT2D eigenvalue weighted by Gasteiger charge is -2.04. The summed E-state index contributed by atoms with van der Waals surface area (Å²) in [5, 5.41) is 13.5. The van der Waals surface area contributed by atoms with Gasteiger partial charge in [0.05, 0.1) is 15.6 Å². The van der Waals surface area contributed by atoms with E-state index in [1.165, 1.54) is 30.4 Å². The van der Waals surface area contributed by atoms with Crippen LogP contribution in [0.2, 0.25) is 5.02 Å². The van der Waals surface area contributed by atoms with Gasteiger partial charge in [-0.3, -0.25) is 14.9 Å². The average Bonchev–Trinajstić information content (AvgIpc) is 3.11. The fraction of sp³-hybridized carbons (Fsp3) is 0. The van der Waals surface area contributed by atoms with Crippen molar-refractivity contribution in [3.05, 3.63) is 87.6 Å². The molecule has 0 aliphatic rings. The highest BCUT2D eigenvalue weighted by molar-refractivity contribution is 6.34. The van der Waals surface area contributed by atoms with E-state index >= 15 is 0 Å². The third-order valence-corrected chi connectivity index (χ3v) is 3.83. The van der Waals surface area contributed by atoms with Crippen molar-refractivity contribution in [3.8, 4) is 11.3 Å². The second-order valence-electron chi connectivity index (χ2n) is 5.31. The Bertz CT molecular complexity index is 980. The lowest BCUT2D eigenvalue weighted by molar-refractivity contribution is -0.384. The van der Waals surface area contributed by atoms with E-state index in [0.717, 1.165) is 5.56 Å². The van der Waals surface area contributed by atoms with Crippen LogP contribution < -0.4 is 5.32 Å². The molecule has 7 heteroatoms. The van der Waals surface area contributed by atoms with Gasteiger partial charge in [-0.2, -0.15) is 0 Å². The van der Waals surface area contributed by atoms with Gasteiger partial charge < -0.3 is 9.73 Å². The minimum Gasteiger partial charge on any atom is -0.457 e. The summed E-state index contributed by atoms with van der Waals surface area (Å²) in [4.78, 5) is 22.3. The molecule has 1 N–H and O–H groups in total. The molecular weight excluding hydrogens is 356 g/mol. The Balaban J connectivity index is 1.70. The lowest BCUT2D eigenvalue weighted by Crippen LogP contribution is -2.08. The Morgan fingerprint density at radius 2 is 1.88 bits per heavy atom. The second kappa shape index (κ2) is 7.67. The van der Waals surface area contributed by atoms with E-state index in [1.807, 2.05) is 36.4 Å². The third-order valence-electron chi connectivity index (χ3n) is 3.50. The number of furan rings is 1. The number of amides is 1. The first kappa shape index (κ1) is 17.4. The maximum Gasteiger partial charge on any atom is 0.271 e. The van der Waals surface area contributed by atoms with Gasteiger partial charge in [-0.25, -0.2) is 0 Å². The fourth-order valence-corrected chi connectivity index (χ4v) is 2.42. The van der Waals surface area contributed by atoms with Gasteiger partial charge in [-0.15, -0.1) is 0 Å². The first-order chi connectivity index (χ1) is 12.5. The van der Waals surface area contributed by atoms with E-state index in [0.29, 0.717) is 11.5 Å². The minimum atomic E-state index is -0.560. The summed E-state index contributed by atoms with van der Waals surface area (Å²) in [6.07, 6.45) is 2.77. The van der Waals surface area contributed by atoms with Crippen LogP contribution in [0.4, 0.5) is 11.4 Å². The van der Waals surface area contributed by atoms with Crippen molar-refractivity contribution >= 4 is 35.0 Å². The first-order valence-electron chi connectivity index (χ1n) is 7.61. The average molecular weight is 369 g/mol. The number of hydrogen-bond acceptors (Lipinski definition) is 4. The molecule has 0 aliphatic heterocycles. The number of carbonyl (C=O) groups is 1. The summed E-state index contributed by atoms with van der Waals surface area (Å²) in [6.45, 7) is 0. The molecule has 6 nitrogen and oxygen atoms in total. The number of nitrogens with one attached hydrogen (secondary N) is 1. The number of benzene rings is 2. The third kappa shape index (κ3) is 4.17. The number of hydrogen-bond donors (Lipinski definition) is 1. The van der Waals surface area contributed by atoms with Crippen LogP contribution in [0.15, 0.2) is 71.2 Å². The lowest BCUT2D eigenvalue weighted by atomic mass is 10.2. The molecule has 0 atom stereocenters. The number of halogens is 1. The van der Waals surface area contributed by atoms with Crippen LogP contribution in [-0.2, 0) is 4.79 Å². The van der Waals surface area contributed by atoms with Gasteiger partial charge in [0.15, 0.2) is 0 Å². The molecule has 2 aromatic carbocycles. The zero-order valence-corrected chi connectivity index (χ0v) is 14.1. The monoisotopic (exact) mass is 368 g/mol. The van der Waals surface area contributed by atoms with Crippen LogP contribution in [0.25, 0.3) is 17.4 Å². The maximum atomic E-state index is 12.0. The summed E-state index contributed by atoms with van der Waals surface area (Å²) in [6, 6.07) is 16.9. The van der Waals surface area contributed by atoms with Crippen molar-refractivity contribution in [2.24, 2.45) is 0 Å². The number of rotatable bonds is 5. The molecule has 3 aromatic rings. The molecule has 1 amide bonds. The molecule has 26 heavy (non-hydrogen) atoms. The zero-order chi connectivity index (χ0) is 18.5. The summed E-state index contributed by atoms with van der Waals surface area (Å²) >= 11 is 5.95. The SMILES string of the molecule is O=C(/C=C/c1ccc(-c2ccccc2)o1)Nc1cc([N+](=O)[O-])ccc1Cl. The zero-order valence-electron chi connectivity index (χ0n) is 13.4. The van der Waals surface area contributed by atoms with Crippen molar-refractivity contribution in [3.63, 3.8) is 0 Å². The summed E-state index contributed by atoms with van der Waals surface area (Å²) in [5.74, 6) is 0.710. The van der Waals surface area contributed by atoms with Gasteiger partial charge in [-0.1, -0.05) is 41.9 Å². The quantitative estimate of drug-likeness (QED) is 0.383. The molecule has 0 radical (unpaired) electrons. The normalized spacial score (nSPS) is 10.8. The number of nitrogens with zero attached hydrogens (tertiary/aromatic N) is 1. The summed E-state index contributed by atoms with van der Waals surface area (Å²) in [7, 11) is 0. The molecule has 0 aliphatic carbocycles. The Labute approximate surface area is 153 Å². The number of nitro benzene ring substituents is 1. The molecular formula is C19H13ClN2O4. The Morgan fingerprint density at radius 1 is 1.12 bits per heavy atom. The largest absolute Gasteiger partial charge is 0.457 e. The maximum absolute atomic E-state index is 12.0. The van der Waals surface area contributed by atoms with Crippen LogP contribution in [0, 0.1) is 10.1 Å². The van der Waals surface area contributed by atoms with Crippen molar-refractivity contribution in [1.29, 1.82) is 0 Å². The molecule has 130 valence electrons. The highest BCUT2D eigenvalue weighted by atomic mass is 35.5. The predicted octanol–water partition coefficient (Wildman–Crippen LogP) is 5.16. The first-order valence-corrected chi connectivity index (χ1v) is 7.99. The van der Waals surface area contributed by atoms with E-state index in [1.54, 1.807) is 6.07 Å². The van der Waals surface area contributed by atoms with Gasteiger partial charge in [0.25, 0.3) is 5.69 Å². The fourth-order valence-electron chi connectivity index (χ4n) is 2.25. The van der Waals surface area contributed by atoms with Crippen LogP contribution in [-0.4, -0.2) is 10.8 Å². The van der Waals surface area contributed by atoms with Gasteiger partial charge in [0, 0.05) is 23.8 Å². The molecule has 0 spiro atoms. The highest BCUT2D eigenvalue weighted by Gasteiger charge is 2.11.